The van der Waals surface area contributed by atoms with Gasteiger partial charge in [0.2, 0.25) is 5.95 Å². The van der Waals surface area contributed by atoms with Gasteiger partial charge in [-0.25, -0.2) is 18.4 Å². The fraction of sp³-hybridized carbons (Fsp3) is 0.273. The quantitative estimate of drug-likeness (QED) is 0.164. The van der Waals surface area contributed by atoms with Crippen molar-refractivity contribution in [1.82, 2.24) is 25.0 Å². The number of rotatable bonds is 10. The molecule has 45 heavy (non-hydrogen) atoms. The van der Waals surface area contributed by atoms with Crippen molar-refractivity contribution in [3.63, 3.8) is 0 Å². The molecule has 3 heterocycles. The Kier molecular flexibility index (Phi) is 7.81. The first-order valence-electron chi connectivity index (χ1n) is 14.5. The van der Waals surface area contributed by atoms with Crippen LogP contribution in [-0.2, 0) is 5.54 Å². The molecule has 1 saturated carbocycles. The van der Waals surface area contributed by atoms with E-state index in [1.54, 1.807) is 25.1 Å². The first kappa shape index (κ1) is 29.6. The number of fused-ring (bicyclic) bond motifs is 1. The van der Waals surface area contributed by atoms with Crippen molar-refractivity contribution >= 4 is 22.3 Å². The number of hydrogen-bond acceptors (Lipinski definition) is 8. The summed E-state index contributed by atoms with van der Waals surface area (Å²) < 4.78 is 43.0. The van der Waals surface area contributed by atoms with Crippen molar-refractivity contribution in [2.24, 2.45) is 0 Å². The Morgan fingerprint density at radius 3 is 2.42 bits per heavy atom. The number of benzene rings is 2. The Balaban J connectivity index is 1.47. The third-order valence-corrected chi connectivity index (χ3v) is 8.29. The van der Waals surface area contributed by atoms with Crippen molar-refractivity contribution in [1.29, 1.82) is 10.5 Å². The first-order valence-corrected chi connectivity index (χ1v) is 14.5. The summed E-state index contributed by atoms with van der Waals surface area (Å²) in [6.07, 6.45) is 1.59. The molecule has 0 amide bonds. The van der Waals surface area contributed by atoms with Crippen LogP contribution in [0.4, 0.5) is 24.5 Å². The summed E-state index contributed by atoms with van der Waals surface area (Å²) >= 11 is 0. The molecule has 0 unspecified atom stereocenters. The maximum atomic E-state index is 14.0. The van der Waals surface area contributed by atoms with Crippen molar-refractivity contribution in [3.8, 4) is 12.1 Å². The van der Waals surface area contributed by atoms with Crippen LogP contribution in [0.2, 0.25) is 0 Å². The van der Waals surface area contributed by atoms with Gasteiger partial charge in [0.15, 0.2) is 0 Å². The van der Waals surface area contributed by atoms with Crippen LogP contribution in [0, 0.1) is 35.5 Å². The standard InChI is InChI=1S/C33H28F3N9/c1-3-26(20-7-5-4-6-8-20)42-30-22(16-38)17-39-29-21(15-37)13-23(14-25(29)30)41-31(24-9-10-28(34)40-19(24)2)27-18-45(44-43-27)33(11-12-33)32(35)36/h4-10,13-14,17-18,26,31-32,41H,3,11-12H2,1-2H3,(H,39,42)/t26-,31+/m1/s1. The number of nitriles is 2. The van der Waals surface area contributed by atoms with Gasteiger partial charge in [0.05, 0.1) is 40.6 Å². The van der Waals surface area contributed by atoms with Crippen LogP contribution in [-0.4, -0.2) is 31.4 Å². The van der Waals surface area contributed by atoms with Crippen LogP contribution in [0.5, 0.6) is 0 Å². The Hall–Kier alpha value is -5.49. The lowest BCUT2D eigenvalue weighted by Gasteiger charge is -2.23. The zero-order valence-corrected chi connectivity index (χ0v) is 24.5. The second-order valence-electron chi connectivity index (χ2n) is 11.1. The Morgan fingerprint density at radius 1 is 1.02 bits per heavy atom. The molecule has 3 aromatic heterocycles. The van der Waals surface area contributed by atoms with Crippen molar-refractivity contribution < 1.29 is 13.2 Å². The lowest BCUT2D eigenvalue weighted by atomic mass is 9.99. The molecule has 6 rings (SSSR count). The third kappa shape index (κ3) is 5.51. The molecule has 9 nitrogen and oxygen atoms in total. The number of aryl methyl sites for hydroxylation is 1. The van der Waals surface area contributed by atoms with E-state index in [0.717, 1.165) is 12.0 Å². The summed E-state index contributed by atoms with van der Waals surface area (Å²) in [7, 11) is 0. The zero-order valence-electron chi connectivity index (χ0n) is 24.5. The SMILES string of the molecule is CC[C@@H](Nc1c(C#N)cnc2c(C#N)cc(N[C@H](c3cn(C4(C(F)F)CC4)nn3)c3ccc(F)nc3C)cc12)c1ccccc1. The van der Waals surface area contributed by atoms with Gasteiger partial charge in [0, 0.05) is 28.5 Å². The molecule has 0 saturated heterocycles. The van der Waals surface area contributed by atoms with Crippen molar-refractivity contribution in [2.45, 2.75) is 57.2 Å². The molecule has 0 radical (unpaired) electrons. The van der Waals surface area contributed by atoms with Gasteiger partial charge in [0.1, 0.15) is 23.4 Å². The summed E-state index contributed by atoms with van der Waals surface area (Å²) in [5.74, 6) is -0.666. The Labute approximate surface area is 257 Å². The number of halogens is 3. The van der Waals surface area contributed by atoms with Crippen LogP contribution >= 0.6 is 0 Å². The van der Waals surface area contributed by atoms with E-state index in [0.29, 0.717) is 44.8 Å². The highest BCUT2D eigenvalue weighted by molar-refractivity contribution is 5.99. The van der Waals surface area contributed by atoms with Gasteiger partial charge in [-0.3, -0.25) is 4.98 Å². The average Bonchev–Trinajstić information content (AvgIpc) is 3.72. The molecule has 5 aromatic rings. The highest BCUT2D eigenvalue weighted by Gasteiger charge is 2.54. The molecular weight excluding hydrogens is 579 g/mol. The normalized spacial score (nSPS) is 14.8. The van der Waals surface area contributed by atoms with E-state index in [2.05, 4.69) is 43.1 Å². The van der Waals surface area contributed by atoms with Gasteiger partial charge in [-0.1, -0.05) is 48.5 Å². The second kappa shape index (κ2) is 11.9. The summed E-state index contributed by atoms with van der Waals surface area (Å²) in [6, 6.07) is 19.5. The van der Waals surface area contributed by atoms with Crippen molar-refractivity contribution in [2.75, 3.05) is 10.6 Å². The number of pyridine rings is 2. The minimum Gasteiger partial charge on any atom is -0.377 e. The summed E-state index contributed by atoms with van der Waals surface area (Å²) in [5.41, 5.74) is 2.80. The zero-order chi connectivity index (χ0) is 31.7. The molecule has 2 N–H and O–H groups in total. The van der Waals surface area contributed by atoms with E-state index in [1.807, 2.05) is 37.3 Å². The Bertz CT molecular complexity index is 1960. The van der Waals surface area contributed by atoms with Crippen LogP contribution < -0.4 is 10.6 Å². The fourth-order valence-corrected chi connectivity index (χ4v) is 5.62. The summed E-state index contributed by atoms with van der Waals surface area (Å²) in [4.78, 5) is 8.40. The highest BCUT2D eigenvalue weighted by Crippen LogP contribution is 2.48. The van der Waals surface area contributed by atoms with E-state index in [4.69, 9.17) is 0 Å². The minimum atomic E-state index is -2.61. The summed E-state index contributed by atoms with van der Waals surface area (Å²) in [5, 5.41) is 35.8. The smallest absolute Gasteiger partial charge is 0.263 e. The fourth-order valence-electron chi connectivity index (χ4n) is 5.62. The molecule has 2 aromatic carbocycles. The molecule has 0 bridgehead atoms. The molecule has 2 atom stereocenters. The predicted octanol–water partition coefficient (Wildman–Crippen LogP) is 6.93. The maximum Gasteiger partial charge on any atom is 0.263 e. The van der Waals surface area contributed by atoms with Gasteiger partial charge in [-0.05, 0) is 49.9 Å². The van der Waals surface area contributed by atoms with Crippen LogP contribution in [0.25, 0.3) is 10.9 Å². The summed E-state index contributed by atoms with van der Waals surface area (Å²) in [6.45, 7) is 3.67. The average molecular weight is 608 g/mol. The number of hydrogen-bond donors (Lipinski definition) is 2. The number of alkyl halides is 2. The topological polar surface area (TPSA) is 128 Å². The van der Waals surface area contributed by atoms with Gasteiger partial charge in [-0.2, -0.15) is 14.9 Å². The monoisotopic (exact) mass is 607 g/mol. The van der Waals surface area contributed by atoms with Gasteiger partial charge < -0.3 is 10.6 Å². The van der Waals surface area contributed by atoms with Gasteiger partial charge in [-0.15, -0.1) is 5.10 Å². The molecule has 0 spiro atoms. The third-order valence-electron chi connectivity index (χ3n) is 8.29. The molecule has 0 aliphatic heterocycles. The van der Waals surface area contributed by atoms with Gasteiger partial charge in [0.25, 0.3) is 6.43 Å². The van der Waals surface area contributed by atoms with E-state index < -0.39 is 24.0 Å². The second-order valence-corrected chi connectivity index (χ2v) is 11.1. The highest BCUT2D eigenvalue weighted by atomic mass is 19.3. The van der Waals surface area contributed by atoms with E-state index in [1.165, 1.54) is 23.1 Å². The van der Waals surface area contributed by atoms with Gasteiger partial charge >= 0.3 is 0 Å². The van der Waals surface area contributed by atoms with E-state index in [9.17, 15) is 23.7 Å². The number of anilines is 2. The lowest BCUT2D eigenvalue weighted by Crippen LogP contribution is -2.26. The molecule has 1 aliphatic carbocycles. The number of aromatic nitrogens is 5. The molecule has 1 fully saturated rings. The molecular formula is C33H28F3N9. The van der Waals surface area contributed by atoms with Crippen LogP contribution in [0.1, 0.15) is 71.9 Å². The molecule has 1 aliphatic rings. The van der Waals surface area contributed by atoms with Crippen molar-refractivity contribution in [3.05, 3.63) is 107 Å². The molecule has 12 heteroatoms. The van der Waals surface area contributed by atoms with Crippen LogP contribution in [0.3, 0.4) is 0 Å². The lowest BCUT2D eigenvalue weighted by molar-refractivity contribution is 0.0593. The Morgan fingerprint density at radius 2 is 1.78 bits per heavy atom. The maximum absolute atomic E-state index is 14.0. The molecule has 226 valence electrons. The number of nitrogens with zero attached hydrogens (tertiary/aromatic N) is 7. The van der Waals surface area contributed by atoms with E-state index in [-0.39, 0.29) is 24.4 Å². The number of nitrogens with one attached hydrogen (secondary N) is 2. The minimum absolute atomic E-state index is 0.133. The predicted molar refractivity (Wildman–Crippen MR) is 162 cm³/mol. The first-order chi connectivity index (χ1) is 21.8. The van der Waals surface area contributed by atoms with E-state index >= 15 is 0 Å². The van der Waals surface area contributed by atoms with Crippen LogP contribution in [0.15, 0.2) is 67.0 Å². The largest absolute Gasteiger partial charge is 0.377 e.